The van der Waals surface area contributed by atoms with Crippen LogP contribution in [0.2, 0.25) is 0 Å². The van der Waals surface area contributed by atoms with Crippen molar-refractivity contribution in [3.05, 3.63) is 11.7 Å². The van der Waals surface area contributed by atoms with Gasteiger partial charge in [0.1, 0.15) is 0 Å². The molecule has 0 spiro atoms. The van der Waals surface area contributed by atoms with Crippen LogP contribution in [0, 0.1) is 0 Å². The number of rotatable bonds is 4. The molecule has 0 aliphatic carbocycles. The standard InChI is InChI=1S/C9H14F3N3O/c1-4-13-6(3)5(2)7-14-8(15-16-7)9(10,11)12/h5-6,13H,4H2,1-3H3. The fourth-order valence-corrected chi connectivity index (χ4v) is 1.25. The Morgan fingerprint density at radius 2 is 2.00 bits per heavy atom. The molecule has 7 heteroatoms. The Kier molecular flexibility index (Phi) is 3.90. The zero-order valence-corrected chi connectivity index (χ0v) is 9.30. The van der Waals surface area contributed by atoms with Crippen molar-refractivity contribution in [2.24, 2.45) is 0 Å². The molecule has 0 amide bonds. The third kappa shape index (κ3) is 2.94. The second-order valence-corrected chi connectivity index (χ2v) is 3.59. The molecule has 2 atom stereocenters. The van der Waals surface area contributed by atoms with E-state index in [9.17, 15) is 13.2 Å². The first kappa shape index (κ1) is 13.0. The predicted octanol–water partition coefficient (Wildman–Crippen LogP) is 2.19. The molecule has 1 heterocycles. The molecule has 4 nitrogen and oxygen atoms in total. The van der Waals surface area contributed by atoms with Gasteiger partial charge < -0.3 is 9.84 Å². The lowest BCUT2D eigenvalue weighted by Crippen LogP contribution is -2.30. The first-order chi connectivity index (χ1) is 7.36. The molecule has 0 radical (unpaired) electrons. The minimum absolute atomic E-state index is 0.000718. The summed E-state index contributed by atoms with van der Waals surface area (Å²) in [6, 6.07) is -0.0217. The van der Waals surface area contributed by atoms with Crippen LogP contribution in [-0.2, 0) is 6.18 Å². The summed E-state index contributed by atoms with van der Waals surface area (Å²) in [6.07, 6.45) is -4.55. The van der Waals surface area contributed by atoms with E-state index in [1.165, 1.54) is 0 Å². The van der Waals surface area contributed by atoms with Gasteiger partial charge in [0.15, 0.2) is 0 Å². The maximum absolute atomic E-state index is 12.2. The first-order valence-corrected chi connectivity index (χ1v) is 5.00. The van der Waals surface area contributed by atoms with Crippen molar-refractivity contribution in [3.63, 3.8) is 0 Å². The summed E-state index contributed by atoms with van der Waals surface area (Å²) in [7, 11) is 0. The highest BCUT2D eigenvalue weighted by atomic mass is 19.4. The maximum Gasteiger partial charge on any atom is 0.455 e. The fraction of sp³-hybridized carbons (Fsp3) is 0.778. The van der Waals surface area contributed by atoms with Crippen molar-refractivity contribution >= 4 is 0 Å². The van der Waals surface area contributed by atoms with Crippen LogP contribution in [0.3, 0.4) is 0 Å². The van der Waals surface area contributed by atoms with Gasteiger partial charge in [0.2, 0.25) is 5.89 Å². The molecule has 0 saturated carbocycles. The Labute approximate surface area is 91.2 Å². The van der Waals surface area contributed by atoms with Crippen LogP contribution in [0.5, 0.6) is 0 Å². The van der Waals surface area contributed by atoms with Crippen molar-refractivity contribution in [1.82, 2.24) is 15.5 Å². The molecule has 0 bridgehead atoms. The highest BCUT2D eigenvalue weighted by Gasteiger charge is 2.38. The van der Waals surface area contributed by atoms with Gasteiger partial charge in [-0.05, 0) is 13.5 Å². The van der Waals surface area contributed by atoms with E-state index in [2.05, 4.69) is 20.0 Å². The lowest BCUT2D eigenvalue weighted by Gasteiger charge is -2.16. The number of halogens is 3. The summed E-state index contributed by atoms with van der Waals surface area (Å²) in [5.74, 6) is -1.48. The second kappa shape index (κ2) is 4.82. The molecule has 16 heavy (non-hydrogen) atoms. The van der Waals surface area contributed by atoms with E-state index in [-0.39, 0.29) is 17.9 Å². The Balaban J connectivity index is 2.78. The number of likely N-dealkylation sites (N-methyl/N-ethyl adjacent to an activating group) is 1. The summed E-state index contributed by atoms with van der Waals surface area (Å²) < 4.78 is 41.2. The molecule has 1 N–H and O–H groups in total. The second-order valence-electron chi connectivity index (χ2n) is 3.59. The van der Waals surface area contributed by atoms with Crippen molar-refractivity contribution in [2.75, 3.05) is 6.54 Å². The van der Waals surface area contributed by atoms with E-state index in [0.29, 0.717) is 0 Å². The zero-order chi connectivity index (χ0) is 12.3. The summed E-state index contributed by atoms with van der Waals surface area (Å²) in [5, 5.41) is 5.99. The van der Waals surface area contributed by atoms with Gasteiger partial charge in [-0.25, -0.2) is 0 Å². The molecule has 2 unspecified atom stereocenters. The van der Waals surface area contributed by atoms with Crippen LogP contribution < -0.4 is 5.32 Å². The number of aromatic nitrogens is 2. The van der Waals surface area contributed by atoms with Crippen molar-refractivity contribution < 1.29 is 17.7 Å². The van der Waals surface area contributed by atoms with E-state index in [4.69, 9.17) is 0 Å². The Morgan fingerprint density at radius 1 is 1.38 bits per heavy atom. The average Bonchev–Trinajstić information content (AvgIpc) is 2.65. The van der Waals surface area contributed by atoms with Crippen molar-refractivity contribution in [3.8, 4) is 0 Å². The smallest absolute Gasteiger partial charge is 0.339 e. The van der Waals surface area contributed by atoms with Crippen molar-refractivity contribution in [1.29, 1.82) is 0 Å². The van der Waals surface area contributed by atoms with Crippen LogP contribution in [0.4, 0.5) is 13.2 Å². The molecule has 0 aromatic carbocycles. The van der Waals surface area contributed by atoms with Gasteiger partial charge in [-0.2, -0.15) is 18.2 Å². The molecule has 1 rings (SSSR count). The lowest BCUT2D eigenvalue weighted by atomic mass is 10.0. The normalized spacial score (nSPS) is 16.1. The number of alkyl halides is 3. The quantitative estimate of drug-likeness (QED) is 0.872. The van der Waals surface area contributed by atoms with Gasteiger partial charge in [0.05, 0.1) is 5.92 Å². The summed E-state index contributed by atoms with van der Waals surface area (Å²) in [5.41, 5.74) is 0. The molecule has 0 aliphatic heterocycles. The van der Waals surface area contributed by atoms with Gasteiger partial charge in [-0.3, -0.25) is 0 Å². The van der Waals surface area contributed by atoms with Gasteiger partial charge in [-0.1, -0.05) is 19.0 Å². The van der Waals surface area contributed by atoms with Crippen LogP contribution in [0.25, 0.3) is 0 Å². The van der Waals surface area contributed by atoms with Gasteiger partial charge in [0.25, 0.3) is 5.82 Å². The van der Waals surface area contributed by atoms with Crippen LogP contribution in [-0.4, -0.2) is 22.7 Å². The van der Waals surface area contributed by atoms with Crippen molar-refractivity contribution in [2.45, 2.75) is 38.9 Å². The molecule has 92 valence electrons. The van der Waals surface area contributed by atoms with Gasteiger partial charge in [-0.15, -0.1) is 0 Å². The molecule has 0 fully saturated rings. The first-order valence-electron chi connectivity index (χ1n) is 5.00. The maximum atomic E-state index is 12.2. The Morgan fingerprint density at radius 3 is 2.44 bits per heavy atom. The highest BCUT2D eigenvalue weighted by Crippen LogP contribution is 2.28. The SMILES string of the molecule is CCNC(C)C(C)c1nc(C(F)(F)F)no1. The molecule has 1 aromatic rings. The molecule has 1 aromatic heterocycles. The van der Waals surface area contributed by atoms with E-state index in [0.717, 1.165) is 6.54 Å². The van der Waals surface area contributed by atoms with E-state index in [1.807, 2.05) is 13.8 Å². The number of hydrogen-bond donors (Lipinski definition) is 1. The zero-order valence-electron chi connectivity index (χ0n) is 9.30. The third-order valence-corrected chi connectivity index (χ3v) is 2.36. The van der Waals surface area contributed by atoms with Gasteiger partial charge in [0, 0.05) is 6.04 Å². The highest BCUT2D eigenvalue weighted by molar-refractivity contribution is 4.98. The van der Waals surface area contributed by atoms with Gasteiger partial charge >= 0.3 is 6.18 Å². The third-order valence-electron chi connectivity index (χ3n) is 2.36. The fourth-order valence-electron chi connectivity index (χ4n) is 1.25. The van der Waals surface area contributed by atoms with Crippen LogP contribution in [0.15, 0.2) is 4.52 Å². The number of nitrogens with zero attached hydrogens (tertiary/aromatic N) is 2. The molecule has 0 saturated heterocycles. The van der Waals surface area contributed by atoms with Crippen LogP contribution >= 0.6 is 0 Å². The molecular weight excluding hydrogens is 223 g/mol. The van der Waals surface area contributed by atoms with E-state index in [1.54, 1.807) is 6.92 Å². The lowest BCUT2D eigenvalue weighted by molar-refractivity contribution is -0.146. The Bertz CT molecular complexity index is 337. The predicted molar refractivity (Wildman–Crippen MR) is 50.9 cm³/mol. The van der Waals surface area contributed by atoms with E-state index < -0.39 is 12.0 Å². The summed E-state index contributed by atoms with van der Waals surface area (Å²) in [4.78, 5) is 3.34. The summed E-state index contributed by atoms with van der Waals surface area (Å²) in [6.45, 7) is 6.23. The topological polar surface area (TPSA) is 51.0 Å². The van der Waals surface area contributed by atoms with Crippen LogP contribution in [0.1, 0.15) is 38.4 Å². The number of nitrogens with one attached hydrogen (secondary N) is 1. The largest absolute Gasteiger partial charge is 0.455 e. The van der Waals surface area contributed by atoms with E-state index >= 15 is 0 Å². The minimum atomic E-state index is -4.55. The molecular formula is C9H14F3N3O. The minimum Gasteiger partial charge on any atom is -0.339 e. The monoisotopic (exact) mass is 237 g/mol. The number of hydrogen-bond acceptors (Lipinski definition) is 4. The Hall–Kier alpha value is -1.11. The average molecular weight is 237 g/mol. The molecule has 0 aliphatic rings. The summed E-state index contributed by atoms with van der Waals surface area (Å²) >= 11 is 0.